The van der Waals surface area contributed by atoms with Crippen molar-refractivity contribution < 1.29 is 9.53 Å². The summed E-state index contributed by atoms with van der Waals surface area (Å²) in [5.74, 6) is 1.38. The van der Waals surface area contributed by atoms with Crippen molar-refractivity contribution >= 4 is 5.91 Å². The monoisotopic (exact) mass is 261 g/mol. The highest BCUT2D eigenvalue weighted by molar-refractivity contribution is 5.81. The van der Waals surface area contributed by atoms with Gasteiger partial charge in [-0.2, -0.15) is 0 Å². The molecule has 1 aliphatic heterocycles. The maximum Gasteiger partial charge on any atom is 0.263 e. The lowest BCUT2D eigenvalue weighted by molar-refractivity contribution is -0.141. The molecular weight excluding hydrogens is 238 g/mol. The van der Waals surface area contributed by atoms with E-state index in [2.05, 4.69) is 26.8 Å². The summed E-state index contributed by atoms with van der Waals surface area (Å²) in [5, 5.41) is 0. The van der Waals surface area contributed by atoms with E-state index < -0.39 is 6.10 Å². The number of likely N-dealkylation sites (tertiary alicyclic amines) is 1. The molecule has 1 saturated heterocycles. The SMILES string of the molecule is Cc1cc(OC(C)C(=O)N2CCC2)ccc1C(C)C. The molecule has 0 aromatic heterocycles. The summed E-state index contributed by atoms with van der Waals surface area (Å²) >= 11 is 0. The number of carbonyl (C=O) groups excluding carboxylic acids is 1. The number of nitrogens with zero attached hydrogens (tertiary/aromatic N) is 1. The zero-order valence-corrected chi connectivity index (χ0v) is 12.3. The highest BCUT2D eigenvalue weighted by Crippen LogP contribution is 2.24. The summed E-state index contributed by atoms with van der Waals surface area (Å²) < 4.78 is 5.76. The Bertz CT molecular complexity index is 464. The van der Waals surface area contributed by atoms with Gasteiger partial charge in [-0.05, 0) is 49.4 Å². The van der Waals surface area contributed by atoms with Crippen LogP contribution < -0.4 is 4.74 Å². The van der Waals surface area contributed by atoms with Crippen LogP contribution in [0, 0.1) is 6.92 Å². The topological polar surface area (TPSA) is 29.5 Å². The van der Waals surface area contributed by atoms with Crippen molar-refractivity contribution in [3.63, 3.8) is 0 Å². The molecule has 19 heavy (non-hydrogen) atoms. The third kappa shape index (κ3) is 3.09. The number of hydrogen-bond acceptors (Lipinski definition) is 2. The van der Waals surface area contributed by atoms with Gasteiger partial charge in [0.1, 0.15) is 5.75 Å². The van der Waals surface area contributed by atoms with Gasteiger partial charge < -0.3 is 9.64 Å². The number of rotatable bonds is 4. The van der Waals surface area contributed by atoms with Crippen molar-refractivity contribution in [3.8, 4) is 5.75 Å². The zero-order chi connectivity index (χ0) is 14.0. The molecule has 0 aliphatic carbocycles. The lowest BCUT2D eigenvalue weighted by atomic mass is 9.98. The molecule has 0 radical (unpaired) electrons. The van der Waals surface area contributed by atoms with Crippen molar-refractivity contribution in [2.24, 2.45) is 0 Å². The summed E-state index contributed by atoms with van der Waals surface area (Å²) in [6.45, 7) is 10.0. The Morgan fingerprint density at radius 2 is 1.95 bits per heavy atom. The standard InChI is InChI=1S/C16H23NO2/c1-11(2)15-7-6-14(10-12(15)3)19-13(4)16(18)17-8-5-9-17/h6-7,10-11,13H,5,8-9H2,1-4H3. The Balaban J connectivity index is 2.02. The fourth-order valence-corrected chi connectivity index (χ4v) is 2.42. The van der Waals surface area contributed by atoms with Crippen LogP contribution in [0.3, 0.4) is 0 Å². The van der Waals surface area contributed by atoms with Gasteiger partial charge in [0.15, 0.2) is 6.10 Å². The van der Waals surface area contributed by atoms with Crippen LogP contribution in [0.15, 0.2) is 18.2 Å². The predicted molar refractivity (Wildman–Crippen MR) is 76.6 cm³/mol. The average molecular weight is 261 g/mol. The van der Waals surface area contributed by atoms with E-state index in [0.29, 0.717) is 5.92 Å². The quantitative estimate of drug-likeness (QED) is 0.833. The van der Waals surface area contributed by atoms with E-state index in [1.807, 2.05) is 24.0 Å². The summed E-state index contributed by atoms with van der Waals surface area (Å²) in [4.78, 5) is 13.8. The number of amides is 1. The molecule has 0 saturated carbocycles. The Morgan fingerprint density at radius 3 is 2.42 bits per heavy atom. The Morgan fingerprint density at radius 1 is 1.26 bits per heavy atom. The van der Waals surface area contributed by atoms with Crippen LogP contribution in [0.25, 0.3) is 0 Å². The van der Waals surface area contributed by atoms with E-state index >= 15 is 0 Å². The van der Waals surface area contributed by atoms with Gasteiger partial charge in [-0.15, -0.1) is 0 Å². The minimum absolute atomic E-state index is 0.0943. The Kier molecular flexibility index (Phi) is 4.13. The fourth-order valence-electron chi connectivity index (χ4n) is 2.42. The second-order valence-electron chi connectivity index (χ2n) is 5.61. The van der Waals surface area contributed by atoms with Crippen LogP contribution in [0.1, 0.15) is 44.2 Å². The molecule has 3 nitrogen and oxygen atoms in total. The number of ether oxygens (including phenoxy) is 1. The average Bonchev–Trinajstić information content (AvgIpc) is 2.25. The predicted octanol–water partition coefficient (Wildman–Crippen LogP) is 3.12. The molecule has 1 aromatic carbocycles. The summed E-state index contributed by atoms with van der Waals surface area (Å²) in [5.41, 5.74) is 2.55. The van der Waals surface area contributed by atoms with Crippen molar-refractivity contribution in [3.05, 3.63) is 29.3 Å². The van der Waals surface area contributed by atoms with Gasteiger partial charge in [0.05, 0.1) is 0 Å². The number of carbonyl (C=O) groups is 1. The lowest BCUT2D eigenvalue weighted by Gasteiger charge is -2.33. The van der Waals surface area contributed by atoms with Crippen LogP contribution in [-0.4, -0.2) is 30.0 Å². The minimum atomic E-state index is -0.399. The van der Waals surface area contributed by atoms with E-state index in [-0.39, 0.29) is 5.91 Å². The smallest absolute Gasteiger partial charge is 0.263 e. The molecule has 0 spiro atoms. The summed E-state index contributed by atoms with van der Waals surface area (Å²) in [7, 11) is 0. The first-order valence-corrected chi connectivity index (χ1v) is 7.05. The normalized spacial score (nSPS) is 16.2. The minimum Gasteiger partial charge on any atom is -0.481 e. The molecule has 2 rings (SSSR count). The van der Waals surface area contributed by atoms with Crippen LogP contribution in [0.5, 0.6) is 5.75 Å². The van der Waals surface area contributed by atoms with Gasteiger partial charge in [0, 0.05) is 13.1 Å². The molecule has 1 unspecified atom stereocenters. The third-order valence-electron chi connectivity index (χ3n) is 3.69. The Hall–Kier alpha value is -1.51. The van der Waals surface area contributed by atoms with Crippen molar-refractivity contribution in [2.45, 2.75) is 46.1 Å². The third-order valence-corrected chi connectivity index (χ3v) is 3.69. The van der Waals surface area contributed by atoms with E-state index in [4.69, 9.17) is 4.74 Å². The largest absolute Gasteiger partial charge is 0.481 e. The first kappa shape index (κ1) is 13.9. The summed E-state index contributed by atoms with van der Waals surface area (Å²) in [6.07, 6.45) is 0.713. The molecule has 1 aliphatic rings. The van der Waals surface area contributed by atoms with Gasteiger partial charge in [0.25, 0.3) is 5.91 Å². The number of aryl methyl sites for hydroxylation is 1. The number of hydrogen-bond donors (Lipinski definition) is 0. The van der Waals surface area contributed by atoms with E-state index in [9.17, 15) is 4.79 Å². The van der Waals surface area contributed by atoms with Crippen LogP contribution in [-0.2, 0) is 4.79 Å². The van der Waals surface area contributed by atoms with E-state index in [1.165, 1.54) is 11.1 Å². The first-order chi connectivity index (χ1) is 8.99. The molecule has 1 amide bonds. The molecule has 3 heteroatoms. The van der Waals surface area contributed by atoms with Gasteiger partial charge >= 0.3 is 0 Å². The van der Waals surface area contributed by atoms with Crippen LogP contribution in [0.4, 0.5) is 0 Å². The van der Waals surface area contributed by atoms with Gasteiger partial charge in [-0.1, -0.05) is 19.9 Å². The molecular formula is C16H23NO2. The molecule has 1 heterocycles. The molecule has 0 bridgehead atoms. The lowest BCUT2D eigenvalue weighted by Crippen LogP contribution is -2.47. The first-order valence-electron chi connectivity index (χ1n) is 7.05. The van der Waals surface area contributed by atoms with Gasteiger partial charge in [-0.3, -0.25) is 4.79 Å². The highest BCUT2D eigenvalue weighted by atomic mass is 16.5. The van der Waals surface area contributed by atoms with Crippen molar-refractivity contribution in [1.29, 1.82) is 0 Å². The van der Waals surface area contributed by atoms with Crippen LogP contribution >= 0.6 is 0 Å². The van der Waals surface area contributed by atoms with Crippen molar-refractivity contribution in [1.82, 2.24) is 4.90 Å². The molecule has 1 aromatic rings. The molecule has 104 valence electrons. The van der Waals surface area contributed by atoms with E-state index in [1.54, 1.807) is 0 Å². The maximum atomic E-state index is 12.0. The molecule has 0 N–H and O–H groups in total. The maximum absolute atomic E-state index is 12.0. The second-order valence-corrected chi connectivity index (χ2v) is 5.61. The van der Waals surface area contributed by atoms with Crippen molar-refractivity contribution in [2.75, 3.05) is 13.1 Å². The van der Waals surface area contributed by atoms with Gasteiger partial charge in [-0.25, -0.2) is 0 Å². The Labute approximate surface area is 115 Å². The van der Waals surface area contributed by atoms with Gasteiger partial charge in [0.2, 0.25) is 0 Å². The number of benzene rings is 1. The fraction of sp³-hybridized carbons (Fsp3) is 0.562. The molecule has 1 atom stereocenters. The second kappa shape index (κ2) is 5.64. The van der Waals surface area contributed by atoms with E-state index in [0.717, 1.165) is 25.3 Å². The highest BCUT2D eigenvalue weighted by Gasteiger charge is 2.26. The molecule has 1 fully saturated rings. The summed E-state index contributed by atoms with van der Waals surface area (Å²) in [6, 6.07) is 6.08. The zero-order valence-electron chi connectivity index (χ0n) is 12.3. The van der Waals surface area contributed by atoms with Crippen LogP contribution in [0.2, 0.25) is 0 Å².